The number of rotatable bonds is 9. The molecule has 0 unspecified atom stereocenters. The van der Waals surface area contributed by atoms with Gasteiger partial charge in [-0.3, -0.25) is 4.90 Å². The van der Waals surface area contributed by atoms with Crippen molar-refractivity contribution in [3.63, 3.8) is 0 Å². The average Bonchev–Trinajstić information content (AvgIpc) is 2.74. The SMILES string of the molecule is CCCCCC#C[C@H](O)[C@@H](C#C[Si](C)(C)C)N(Cc1ccccc1)Cc1ccccc1. The van der Waals surface area contributed by atoms with Gasteiger partial charge in [0, 0.05) is 19.5 Å². The predicted octanol–water partition coefficient (Wildman–Crippen LogP) is 5.88. The van der Waals surface area contributed by atoms with Gasteiger partial charge in [-0.15, -0.1) is 11.5 Å². The van der Waals surface area contributed by atoms with Crippen molar-refractivity contribution in [1.82, 2.24) is 4.90 Å². The molecule has 164 valence electrons. The number of hydrogen-bond acceptors (Lipinski definition) is 2. The topological polar surface area (TPSA) is 23.5 Å². The molecular weight excluding hydrogens is 394 g/mol. The third-order valence-electron chi connectivity index (χ3n) is 4.90. The van der Waals surface area contributed by atoms with Crippen LogP contribution in [0.1, 0.15) is 43.7 Å². The van der Waals surface area contributed by atoms with Gasteiger partial charge in [0.1, 0.15) is 20.2 Å². The molecule has 0 amide bonds. The molecule has 1 N–H and O–H groups in total. The minimum Gasteiger partial charge on any atom is -0.378 e. The number of unbranched alkanes of at least 4 members (excludes halogenated alkanes) is 3. The Morgan fingerprint density at radius 3 is 1.87 bits per heavy atom. The van der Waals surface area contributed by atoms with Crippen molar-refractivity contribution in [3.8, 4) is 23.3 Å². The van der Waals surface area contributed by atoms with Crippen LogP contribution >= 0.6 is 0 Å². The second-order valence-corrected chi connectivity index (χ2v) is 13.8. The molecule has 0 fully saturated rings. The number of benzene rings is 2. The molecular formula is C28H37NOSi. The summed E-state index contributed by atoms with van der Waals surface area (Å²) in [4.78, 5) is 2.27. The van der Waals surface area contributed by atoms with Crippen LogP contribution in [0, 0.1) is 23.3 Å². The van der Waals surface area contributed by atoms with Gasteiger partial charge in [0.15, 0.2) is 0 Å². The third-order valence-corrected chi connectivity index (χ3v) is 5.79. The molecule has 0 spiro atoms. The largest absolute Gasteiger partial charge is 0.378 e. The number of nitrogens with zero attached hydrogens (tertiary/aromatic N) is 1. The molecule has 0 aliphatic rings. The van der Waals surface area contributed by atoms with Crippen LogP contribution in [0.2, 0.25) is 19.6 Å². The standard InChI is InChI=1S/C28H37NOSi/c1-5-6-7-8-15-20-28(30)27(21-22-31(2,3)4)29(23-25-16-11-9-12-17-25)24-26-18-13-10-14-19-26/h9-14,16-19,27-28,30H,5-8,23-24H2,1-4H3/t27-,28+/m1/s1. The van der Waals surface area contributed by atoms with E-state index in [1.165, 1.54) is 24.0 Å². The summed E-state index contributed by atoms with van der Waals surface area (Å²) < 4.78 is 0. The van der Waals surface area contributed by atoms with Gasteiger partial charge in [-0.1, -0.05) is 112 Å². The van der Waals surface area contributed by atoms with Crippen molar-refractivity contribution in [2.75, 3.05) is 0 Å². The third kappa shape index (κ3) is 10.0. The zero-order valence-corrected chi connectivity index (χ0v) is 20.6. The fraction of sp³-hybridized carbons (Fsp3) is 0.429. The summed E-state index contributed by atoms with van der Waals surface area (Å²) in [6.45, 7) is 10.3. The fourth-order valence-electron chi connectivity index (χ4n) is 3.27. The Balaban J connectivity index is 2.33. The average molecular weight is 432 g/mol. The number of hydrogen-bond donors (Lipinski definition) is 1. The van der Waals surface area contributed by atoms with Crippen molar-refractivity contribution in [2.45, 2.75) is 77.5 Å². The zero-order valence-electron chi connectivity index (χ0n) is 19.6. The van der Waals surface area contributed by atoms with Gasteiger partial charge in [-0.05, 0) is 17.5 Å². The van der Waals surface area contributed by atoms with Gasteiger partial charge in [0.05, 0.1) is 0 Å². The Hall–Kier alpha value is -2.30. The molecule has 2 aromatic carbocycles. The lowest BCUT2D eigenvalue weighted by atomic mass is 10.1. The Kier molecular flexibility index (Phi) is 10.6. The molecule has 2 aromatic rings. The molecule has 3 heteroatoms. The summed E-state index contributed by atoms with van der Waals surface area (Å²) in [7, 11) is -1.59. The Morgan fingerprint density at radius 1 is 0.839 bits per heavy atom. The summed E-state index contributed by atoms with van der Waals surface area (Å²) in [5, 5.41) is 11.1. The molecule has 2 rings (SSSR count). The Bertz CT molecular complexity index is 840. The highest BCUT2D eigenvalue weighted by Crippen LogP contribution is 2.16. The minimum atomic E-state index is -1.59. The first kappa shape index (κ1) is 25.0. The maximum absolute atomic E-state index is 11.1. The molecule has 0 aliphatic carbocycles. The van der Waals surface area contributed by atoms with E-state index in [0.29, 0.717) is 0 Å². The van der Waals surface area contributed by atoms with Gasteiger partial charge < -0.3 is 5.11 Å². The van der Waals surface area contributed by atoms with Crippen LogP contribution in [-0.2, 0) is 13.1 Å². The van der Waals surface area contributed by atoms with E-state index in [2.05, 4.69) is 103 Å². The Morgan fingerprint density at radius 2 is 1.39 bits per heavy atom. The lowest BCUT2D eigenvalue weighted by molar-refractivity contribution is 0.105. The van der Waals surface area contributed by atoms with Crippen LogP contribution in [0.3, 0.4) is 0 Å². The molecule has 0 bridgehead atoms. The summed E-state index contributed by atoms with van der Waals surface area (Å²) in [5.41, 5.74) is 5.90. The van der Waals surface area contributed by atoms with E-state index in [0.717, 1.165) is 25.9 Å². The van der Waals surface area contributed by atoms with E-state index >= 15 is 0 Å². The first-order valence-corrected chi connectivity index (χ1v) is 14.9. The van der Waals surface area contributed by atoms with Gasteiger partial charge in [-0.25, -0.2) is 0 Å². The molecule has 0 heterocycles. The summed E-state index contributed by atoms with van der Waals surface area (Å²) in [6.07, 6.45) is 3.47. The monoisotopic (exact) mass is 431 g/mol. The maximum atomic E-state index is 11.1. The van der Waals surface area contributed by atoms with Crippen LogP contribution in [0.15, 0.2) is 60.7 Å². The summed E-state index contributed by atoms with van der Waals surface area (Å²) in [6, 6.07) is 20.5. The van der Waals surface area contributed by atoms with E-state index < -0.39 is 14.2 Å². The first-order valence-electron chi connectivity index (χ1n) is 11.4. The number of aliphatic hydroxyl groups excluding tert-OH is 1. The smallest absolute Gasteiger partial charge is 0.141 e. The lowest BCUT2D eigenvalue weighted by Crippen LogP contribution is -2.42. The quantitative estimate of drug-likeness (QED) is 0.304. The molecule has 0 saturated carbocycles. The van der Waals surface area contributed by atoms with E-state index in [1.54, 1.807) is 0 Å². The molecule has 0 saturated heterocycles. The molecule has 2 atom stereocenters. The van der Waals surface area contributed by atoms with E-state index in [-0.39, 0.29) is 6.04 Å². The van der Waals surface area contributed by atoms with Gasteiger partial charge in [0.2, 0.25) is 0 Å². The summed E-state index contributed by atoms with van der Waals surface area (Å²) in [5.74, 6) is 9.74. The van der Waals surface area contributed by atoms with Crippen LogP contribution in [0.5, 0.6) is 0 Å². The van der Waals surface area contributed by atoms with Crippen LogP contribution < -0.4 is 0 Å². The Labute approximate surface area is 190 Å². The van der Waals surface area contributed by atoms with Gasteiger partial charge >= 0.3 is 0 Å². The normalized spacial score (nSPS) is 13.0. The second-order valence-electron chi connectivity index (χ2n) is 9.06. The highest BCUT2D eigenvalue weighted by Gasteiger charge is 2.24. The van der Waals surface area contributed by atoms with E-state index in [9.17, 15) is 5.11 Å². The van der Waals surface area contributed by atoms with Crippen LogP contribution in [0.4, 0.5) is 0 Å². The molecule has 0 radical (unpaired) electrons. The molecule has 0 aromatic heterocycles. The first-order chi connectivity index (χ1) is 14.9. The van der Waals surface area contributed by atoms with Crippen LogP contribution in [0.25, 0.3) is 0 Å². The molecule has 0 aliphatic heterocycles. The minimum absolute atomic E-state index is 0.328. The van der Waals surface area contributed by atoms with Crippen LogP contribution in [-0.4, -0.2) is 30.2 Å². The highest BCUT2D eigenvalue weighted by atomic mass is 28.3. The lowest BCUT2D eigenvalue weighted by Gasteiger charge is -2.30. The second kappa shape index (κ2) is 13.2. The van der Waals surface area contributed by atoms with Crippen molar-refractivity contribution < 1.29 is 5.11 Å². The van der Waals surface area contributed by atoms with Crippen molar-refractivity contribution in [3.05, 3.63) is 71.8 Å². The van der Waals surface area contributed by atoms with Crippen molar-refractivity contribution in [1.29, 1.82) is 0 Å². The van der Waals surface area contributed by atoms with Crippen molar-refractivity contribution in [2.24, 2.45) is 0 Å². The summed E-state index contributed by atoms with van der Waals surface area (Å²) >= 11 is 0. The zero-order chi connectivity index (χ0) is 22.5. The number of aliphatic hydroxyl groups is 1. The van der Waals surface area contributed by atoms with E-state index in [4.69, 9.17) is 0 Å². The maximum Gasteiger partial charge on any atom is 0.141 e. The van der Waals surface area contributed by atoms with Crippen molar-refractivity contribution >= 4 is 8.07 Å². The predicted molar refractivity (Wildman–Crippen MR) is 135 cm³/mol. The molecule has 31 heavy (non-hydrogen) atoms. The van der Waals surface area contributed by atoms with Gasteiger partial charge in [-0.2, -0.15) is 0 Å². The fourth-order valence-corrected chi connectivity index (χ4v) is 3.85. The molecule has 2 nitrogen and oxygen atoms in total. The highest BCUT2D eigenvalue weighted by molar-refractivity contribution is 6.83. The van der Waals surface area contributed by atoms with E-state index in [1.807, 2.05) is 12.1 Å². The van der Waals surface area contributed by atoms with Gasteiger partial charge in [0.25, 0.3) is 0 Å².